The number of ether oxygens (including phenoxy) is 4. The van der Waals surface area contributed by atoms with Crippen LogP contribution in [0.3, 0.4) is 0 Å². The van der Waals surface area contributed by atoms with Crippen molar-refractivity contribution in [3.63, 3.8) is 0 Å². The fraction of sp³-hybridized carbons (Fsp3) is 0.143. The van der Waals surface area contributed by atoms with Crippen LogP contribution >= 0.6 is 0 Å². The summed E-state index contributed by atoms with van der Waals surface area (Å²) in [5.74, 6) is 0.604. The first-order valence-corrected chi connectivity index (χ1v) is 16.0. The Hall–Kier alpha value is -5.88. The summed E-state index contributed by atoms with van der Waals surface area (Å²) in [6.07, 6.45) is 0. The molecule has 0 N–H and O–H groups in total. The van der Waals surface area contributed by atoms with Gasteiger partial charge in [0.05, 0.1) is 11.1 Å². The zero-order chi connectivity index (χ0) is 33.0. The molecule has 0 saturated heterocycles. The number of hydrogen-bond acceptors (Lipinski definition) is 6. The molecule has 0 saturated carbocycles. The fourth-order valence-electron chi connectivity index (χ4n) is 6.04. The molecular weight excluding hydrogens is 600 g/mol. The maximum absolute atomic E-state index is 12.8. The van der Waals surface area contributed by atoms with E-state index in [1.54, 1.807) is 12.1 Å². The van der Waals surface area contributed by atoms with Crippen LogP contribution in [0.2, 0.25) is 0 Å². The monoisotopic (exact) mass is 634 g/mol. The molecule has 6 nitrogen and oxygen atoms in total. The molecule has 0 fully saturated rings. The van der Waals surface area contributed by atoms with E-state index in [2.05, 4.69) is 12.1 Å². The molecular formula is C42H34O6. The molecule has 7 aromatic rings. The summed E-state index contributed by atoms with van der Waals surface area (Å²) < 4.78 is 23.9. The van der Waals surface area contributed by atoms with Gasteiger partial charge in [0.15, 0.2) is 0 Å². The van der Waals surface area contributed by atoms with Crippen LogP contribution in [-0.4, -0.2) is 38.4 Å². The Morgan fingerprint density at radius 1 is 0.438 bits per heavy atom. The second kappa shape index (κ2) is 13.5. The van der Waals surface area contributed by atoms with Gasteiger partial charge in [-0.05, 0) is 71.8 Å². The van der Waals surface area contributed by atoms with Crippen molar-refractivity contribution in [3.8, 4) is 11.5 Å². The number of carbonyl (C=O) groups excluding carboxylic acids is 2. The van der Waals surface area contributed by atoms with E-state index in [4.69, 9.17) is 18.9 Å². The molecule has 0 spiro atoms. The number of esters is 2. The third-order valence-corrected chi connectivity index (χ3v) is 8.42. The molecule has 7 aromatic carbocycles. The smallest absolute Gasteiger partial charge is 0.338 e. The topological polar surface area (TPSA) is 71.1 Å². The molecule has 0 radical (unpaired) electrons. The molecule has 238 valence electrons. The zero-order valence-corrected chi connectivity index (χ0v) is 26.8. The first kappa shape index (κ1) is 30.8. The van der Waals surface area contributed by atoms with E-state index in [0.29, 0.717) is 22.6 Å². The Morgan fingerprint density at radius 2 is 0.854 bits per heavy atom. The summed E-state index contributed by atoms with van der Waals surface area (Å²) in [5, 5.41) is 7.62. The minimum atomic E-state index is -0.393. The Morgan fingerprint density at radius 3 is 1.29 bits per heavy atom. The maximum atomic E-state index is 12.8. The average Bonchev–Trinajstić information content (AvgIpc) is 3.11. The summed E-state index contributed by atoms with van der Waals surface area (Å²) in [6, 6.07) is 39.1. The van der Waals surface area contributed by atoms with Gasteiger partial charge < -0.3 is 18.9 Å². The molecule has 0 aliphatic rings. The zero-order valence-electron chi connectivity index (χ0n) is 26.8. The lowest BCUT2D eigenvalue weighted by Crippen LogP contribution is -2.13. The van der Waals surface area contributed by atoms with Crippen LogP contribution in [0, 0.1) is 13.8 Å². The van der Waals surface area contributed by atoms with Gasteiger partial charge in [-0.2, -0.15) is 0 Å². The number of rotatable bonds is 10. The summed E-state index contributed by atoms with van der Waals surface area (Å²) in [5.41, 5.74) is 3.13. The summed E-state index contributed by atoms with van der Waals surface area (Å²) in [4.78, 5) is 25.7. The van der Waals surface area contributed by atoms with Crippen molar-refractivity contribution in [1.29, 1.82) is 0 Å². The largest absolute Gasteiger partial charge is 0.489 e. The standard InChI is InChI=1S/C42H34O6/c1-27-11-17-35-37(23-27)39(45-19-21-47-41(43)33-15-13-29-7-3-5-9-31(29)25-33)36-18-12-28(2)24-38(36)40(35)46-20-22-48-42(44)34-16-14-30-8-4-6-10-32(30)26-34/h3-18,23-26H,19-22H2,1-2H3. The second-order valence-electron chi connectivity index (χ2n) is 11.8. The summed E-state index contributed by atoms with van der Waals surface area (Å²) in [7, 11) is 0. The van der Waals surface area contributed by atoms with Crippen molar-refractivity contribution >= 4 is 55.0 Å². The third-order valence-electron chi connectivity index (χ3n) is 8.42. The highest BCUT2D eigenvalue weighted by Gasteiger charge is 2.18. The molecule has 0 aliphatic carbocycles. The van der Waals surface area contributed by atoms with Gasteiger partial charge in [-0.15, -0.1) is 0 Å². The van der Waals surface area contributed by atoms with Crippen molar-refractivity contribution in [3.05, 3.63) is 144 Å². The minimum Gasteiger partial charge on any atom is -0.489 e. The van der Waals surface area contributed by atoms with Crippen LogP contribution in [0.15, 0.2) is 121 Å². The van der Waals surface area contributed by atoms with E-state index in [-0.39, 0.29) is 26.4 Å². The van der Waals surface area contributed by atoms with Crippen molar-refractivity contribution in [2.24, 2.45) is 0 Å². The number of aryl methyl sites for hydroxylation is 2. The Bertz CT molecular complexity index is 2160. The first-order chi connectivity index (χ1) is 23.4. The number of fused-ring (bicyclic) bond motifs is 4. The molecule has 0 heterocycles. The molecule has 48 heavy (non-hydrogen) atoms. The molecule has 0 aromatic heterocycles. The van der Waals surface area contributed by atoms with Gasteiger partial charge in [-0.25, -0.2) is 9.59 Å². The van der Waals surface area contributed by atoms with Gasteiger partial charge in [0.2, 0.25) is 0 Å². The highest BCUT2D eigenvalue weighted by Crippen LogP contribution is 2.43. The van der Waals surface area contributed by atoms with Crippen LogP contribution in [0.1, 0.15) is 31.8 Å². The molecule has 0 unspecified atom stereocenters. The maximum Gasteiger partial charge on any atom is 0.338 e. The number of benzene rings is 7. The van der Waals surface area contributed by atoms with Crippen LogP contribution in [0.25, 0.3) is 43.1 Å². The van der Waals surface area contributed by atoms with E-state index < -0.39 is 11.9 Å². The van der Waals surface area contributed by atoms with Crippen LogP contribution < -0.4 is 9.47 Å². The number of hydrogen-bond donors (Lipinski definition) is 0. The van der Waals surface area contributed by atoms with Crippen LogP contribution in [0.5, 0.6) is 11.5 Å². The molecule has 7 rings (SSSR count). The first-order valence-electron chi connectivity index (χ1n) is 16.0. The molecule has 0 aliphatic heterocycles. The van der Waals surface area contributed by atoms with Crippen LogP contribution in [0.4, 0.5) is 0 Å². The lowest BCUT2D eigenvalue weighted by atomic mass is 9.98. The normalized spacial score (nSPS) is 11.2. The number of carbonyl (C=O) groups is 2. The van der Waals surface area contributed by atoms with Crippen molar-refractivity contribution in [2.75, 3.05) is 26.4 Å². The molecule has 6 heteroatoms. The lowest BCUT2D eigenvalue weighted by molar-refractivity contribution is 0.0443. The highest BCUT2D eigenvalue weighted by atomic mass is 16.6. The minimum absolute atomic E-state index is 0.0904. The predicted molar refractivity (Wildman–Crippen MR) is 190 cm³/mol. The average molecular weight is 635 g/mol. The van der Waals surface area contributed by atoms with Gasteiger partial charge in [0.25, 0.3) is 0 Å². The second-order valence-corrected chi connectivity index (χ2v) is 11.8. The fourth-order valence-corrected chi connectivity index (χ4v) is 6.04. The predicted octanol–water partition coefficient (Wildman–Crippen LogP) is 9.39. The van der Waals surface area contributed by atoms with E-state index in [1.165, 1.54) is 0 Å². The van der Waals surface area contributed by atoms with Gasteiger partial charge in [-0.1, -0.05) is 96.1 Å². The van der Waals surface area contributed by atoms with Gasteiger partial charge >= 0.3 is 11.9 Å². The van der Waals surface area contributed by atoms with Crippen LogP contribution in [-0.2, 0) is 9.47 Å². The van der Waals surface area contributed by atoms with E-state index in [1.807, 2.05) is 111 Å². The Kier molecular flexibility index (Phi) is 8.63. The summed E-state index contributed by atoms with van der Waals surface area (Å²) >= 11 is 0. The van der Waals surface area contributed by atoms with Gasteiger partial charge in [0, 0.05) is 21.5 Å². The highest BCUT2D eigenvalue weighted by molar-refractivity contribution is 6.11. The SMILES string of the molecule is Cc1ccc2c(OCCOC(=O)c3ccc4ccccc4c3)c3cc(C)ccc3c(OCCOC(=O)c3ccc4ccccc4c3)c2c1. The quantitative estimate of drug-likeness (QED) is 0.0848. The Balaban J connectivity index is 1.07. The summed E-state index contributed by atoms with van der Waals surface area (Å²) in [6.45, 7) is 4.59. The van der Waals surface area contributed by atoms with Crippen molar-refractivity contribution < 1.29 is 28.5 Å². The Labute approximate surface area is 278 Å². The molecule has 0 atom stereocenters. The molecule has 0 bridgehead atoms. The van der Waals surface area contributed by atoms with Crippen molar-refractivity contribution in [2.45, 2.75) is 13.8 Å². The van der Waals surface area contributed by atoms with E-state index in [9.17, 15) is 9.59 Å². The van der Waals surface area contributed by atoms with E-state index >= 15 is 0 Å². The van der Waals surface area contributed by atoms with Gasteiger partial charge in [-0.3, -0.25) is 0 Å². The van der Waals surface area contributed by atoms with Crippen molar-refractivity contribution in [1.82, 2.24) is 0 Å². The van der Waals surface area contributed by atoms with Gasteiger partial charge in [0.1, 0.15) is 37.9 Å². The molecule has 0 amide bonds. The third kappa shape index (κ3) is 6.38. The lowest BCUT2D eigenvalue weighted by Gasteiger charge is -2.19. The van der Waals surface area contributed by atoms with E-state index in [0.717, 1.165) is 54.2 Å².